The number of anilines is 1. The predicted octanol–water partition coefficient (Wildman–Crippen LogP) is -0.297. The van der Waals surface area contributed by atoms with Crippen LogP contribution in [0.15, 0.2) is 18.6 Å². The van der Waals surface area contributed by atoms with Crippen molar-refractivity contribution in [1.82, 2.24) is 29.8 Å². The lowest BCUT2D eigenvalue weighted by atomic mass is 10.1. The molecule has 1 aliphatic rings. The summed E-state index contributed by atoms with van der Waals surface area (Å²) in [6.45, 7) is 2.11. The number of carbonyl (C=O) groups is 1. The van der Waals surface area contributed by atoms with Gasteiger partial charge in [0, 0.05) is 25.4 Å². The minimum atomic E-state index is -1.42. The first-order valence-electron chi connectivity index (χ1n) is 10.2. The van der Waals surface area contributed by atoms with Gasteiger partial charge >= 0.3 is 0 Å². The Morgan fingerprint density at radius 1 is 1.21 bits per heavy atom. The van der Waals surface area contributed by atoms with Gasteiger partial charge < -0.3 is 35.1 Å². The Bertz CT molecular complexity index is 1170. The van der Waals surface area contributed by atoms with Gasteiger partial charge in [0.25, 0.3) is 11.8 Å². The summed E-state index contributed by atoms with van der Waals surface area (Å²) < 4.78 is 17.7. The van der Waals surface area contributed by atoms with Crippen LogP contribution in [0.25, 0.3) is 22.6 Å². The minimum Gasteiger partial charge on any atom is -0.491 e. The van der Waals surface area contributed by atoms with Crippen LogP contribution in [-0.2, 0) is 9.53 Å². The van der Waals surface area contributed by atoms with E-state index in [1.54, 1.807) is 26.2 Å². The lowest BCUT2D eigenvalue weighted by Gasteiger charge is -2.17. The van der Waals surface area contributed by atoms with Crippen molar-refractivity contribution in [3.63, 3.8) is 0 Å². The van der Waals surface area contributed by atoms with Crippen molar-refractivity contribution < 1.29 is 29.2 Å². The van der Waals surface area contributed by atoms with Crippen LogP contribution in [0.4, 0.5) is 5.82 Å². The zero-order chi connectivity index (χ0) is 23.7. The molecule has 3 aromatic heterocycles. The average Bonchev–Trinajstić information content (AvgIpc) is 3.38. The molecule has 1 aliphatic heterocycles. The number of imidazole rings is 1. The molecule has 3 aromatic rings. The largest absolute Gasteiger partial charge is 0.491 e. The van der Waals surface area contributed by atoms with Gasteiger partial charge in [-0.05, 0) is 13.0 Å². The van der Waals surface area contributed by atoms with E-state index >= 15 is 0 Å². The van der Waals surface area contributed by atoms with Gasteiger partial charge in [0.1, 0.15) is 12.2 Å². The lowest BCUT2D eigenvalue weighted by molar-refractivity contribution is -0.137. The van der Waals surface area contributed by atoms with Crippen molar-refractivity contribution in [3.8, 4) is 23.0 Å². The van der Waals surface area contributed by atoms with Gasteiger partial charge in [-0.3, -0.25) is 9.36 Å². The summed E-state index contributed by atoms with van der Waals surface area (Å²) in [6, 6.07) is 1.68. The molecule has 0 bridgehead atoms. The number of aliphatic hydroxyl groups excluding tert-OH is 2. The first-order valence-corrected chi connectivity index (χ1v) is 10.2. The number of methoxy groups -OCH3 is 2. The second-order valence-electron chi connectivity index (χ2n) is 7.23. The van der Waals surface area contributed by atoms with Crippen LogP contribution in [0, 0.1) is 0 Å². The number of aliphatic hydroxyl groups is 2. The van der Waals surface area contributed by atoms with E-state index < -0.39 is 30.4 Å². The summed E-state index contributed by atoms with van der Waals surface area (Å²) in [5.41, 5.74) is 1.29. The fraction of sp³-hybridized carbons (Fsp3) is 0.450. The average molecular weight is 459 g/mol. The van der Waals surface area contributed by atoms with Gasteiger partial charge in [0.05, 0.1) is 20.5 Å². The maximum absolute atomic E-state index is 12.2. The van der Waals surface area contributed by atoms with Crippen LogP contribution in [0.1, 0.15) is 13.2 Å². The highest BCUT2D eigenvalue weighted by Crippen LogP contribution is 2.34. The normalized spacial score (nSPS) is 22.4. The number of fused-ring (bicyclic) bond motifs is 1. The number of nitrogens with zero attached hydrogens (tertiary/aromatic N) is 5. The molecular weight excluding hydrogens is 434 g/mol. The van der Waals surface area contributed by atoms with E-state index in [1.807, 2.05) is 0 Å². The maximum atomic E-state index is 12.2. The maximum Gasteiger partial charge on any atom is 0.256 e. The molecule has 4 rings (SSSR count). The molecule has 4 heterocycles. The van der Waals surface area contributed by atoms with Gasteiger partial charge in [-0.15, -0.1) is 0 Å². The third-order valence-corrected chi connectivity index (χ3v) is 5.27. The van der Waals surface area contributed by atoms with Crippen molar-refractivity contribution in [3.05, 3.63) is 18.6 Å². The first kappa shape index (κ1) is 22.6. The Labute approximate surface area is 188 Å². The van der Waals surface area contributed by atoms with E-state index in [9.17, 15) is 15.0 Å². The molecule has 176 valence electrons. The van der Waals surface area contributed by atoms with Crippen LogP contribution >= 0.6 is 0 Å². The number of ether oxygens (including phenoxy) is 3. The van der Waals surface area contributed by atoms with Gasteiger partial charge in [-0.2, -0.15) is 0 Å². The monoisotopic (exact) mass is 459 g/mol. The molecule has 4 N–H and O–H groups in total. The number of hydrogen-bond donors (Lipinski definition) is 4. The van der Waals surface area contributed by atoms with E-state index in [0.29, 0.717) is 46.5 Å². The highest BCUT2D eigenvalue weighted by molar-refractivity contribution is 5.85. The molecule has 0 radical (unpaired) electrons. The van der Waals surface area contributed by atoms with E-state index in [-0.39, 0.29) is 0 Å². The molecule has 0 aromatic carbocycles. The first-order chi connectivity index (χ1) is 15.9. The SMILES string of the molecule is CCNC(=O)[C@@H]1OC(n2cnc3c(NC)nc(-c4cnc(OC)c(OC)c4)nc32)C(O)C1O. The molecule has 33 heavy (non-hydrogen) atoms. The van der Waals surface area contributed by atoms with E-state index in [0.717, 1.165) is 0 Å². The summed E-state index contributed by atoms with van der Waals surface area (Å²) >= 11 is 0. The number of rotatable bonds is 7. The van der Waals surface area contributed by atoms with Crippen molar-refractivity contribution in [2.24, 2.45) is 0 Å². The molecule has 1 amide bonds. The molecule has 0 aliphatic carbocycles. The molecule has 13 nitrogen and oxygen atoms in total. The van der Waals surface area contributed by atoms with Crippen molar-refractivity contribution in [1.29, 1.82) is 0 Å². The quantitative estimate of drug-likeness (QED) is 0.366. The topological polar surface area (TPSA) is 166 Å². The summed E-state index contributed by atoms with van der Waals surface area (Å²) in [5.74, 6) is 0.931. The van der Waals surface area contributed by atoms with E-state index in [4.69, 9.17) is 14.2 Å². The Hall–Kier alpha value is -3.55. The third-order valence-electron chi connectivity index (χ3n) is 5.27. The van der Waals surface area contributed by atoms with Crippen molar-refractivity contribution in [2.75, 3.05) is 33.1 Å². The smallest absolute Gasteiger partial charge is 0.256 e. The predicted molar refractivity (Wildman–Crippen MR) is 116 cm³/mol. The molecule has 13 heteroatoms. The van der Waals surface area contributed by atoms with Crippen molar-refractivity contribution in [2.45, 2.75) is 31.5 Å². The van der Waals surface area contributed by atoms with Gasteiger partial charge in [-0.1, -0.05) is 0 Å². The molecule has 3 unspecified atom stereocenters. The van der Waals surface area contributed by atoms with Crippen LogP contribution in [0.2, 0.25) is 0 Å². The Morgan fingerprint density at radius 3 is 2.67 bits per heavy atom. The Morgan fingerprint density at radius 2 is 2.00 bits per heavy atom. The number of nitrogens with one attached hydrogen (secondary N) is 2. The van der Waals surface area contributed by atoms with Gasteiger partial charge in [-0.25, -0.2) is 19.9 Å². The van der Waals surface area contributed by atoms with Crippen LogP contribution in [0.5, 0.6) is 11.6 Å². The number of pyridine rings is 1. The standard InChI is InChI=1S/C20H25N7O6/c1-5-22-18(30)14-12(28)13(29)20(33-14)27-8-24-11-16(21-2)25-15(26-17(11)27)9-6-10(31-3)19(32-4)23-7-9/h6-8,12-14,20,28-29H,5H2,1-4H3,(H,22,30)(H,21,25,26)/t12?,13?,14-,20?/m1/s1. The minimum absolute atomic E-state index is 0.301. The van der Waals surface area contributed by atoms with Crippen LogP contribution in [0.3, 0.4) is 0 Å². The van der Waals surface area contributed by atoms with Gasteiger partial charge in [0.2, 0.25) is 0 Å². The number of likely N-dealkylation sites (N-methyl/N-ethyl adjacent to an activating group) is 1. The second-order valence-corrected chi connectivity index (χ2v) is 7.23. The number of carbonyl (C=O) groups excluding carboxylic acids is 1. The Balaban J connectivity index is 1.78. The molecule has 4 atom stereocenters. The fourth-order valence-electron chi connectivity index (χ4n) is 3.64. The van der Waals surface area contributed by atoms with E-state index in [2.05, 4.69) is 30.6 Å². The number of aromatic nitrogens is 5. The molecule has 0 saturated carbocycles. The van der Waals surface area contributed by atoms with Crippen LogP contribution < -0.4 is 20.1 Å². The number of hydrogen-bond acceptors (Lipinski definition) is 11. The molecule has 1 fully saturated rings. The highest BCUT2D eigenvalue weighted by Gasteiger charge is 2.47. The summed E-state index contributed by atoms with van der Waals surface area (Å²) in [5, 5.41) is 26.6. The van der Waals surface area contributed by atoms with Crippen molar-refractivity contribution >= 4 is 22.9 Å². The zero-order valence-electron chi connectivity index (χ0n) is 18.5. The van der Waals surface area contributed by atoms with E-state index in [1.165, 1.54) is 25.1 Å². The third kappa shape index (κ3) is 3.90. The molecule has 0 spiro atoms. The summed E-state index contributed by atoms with van der Waals surface area (Å²) in [4.78, 5) is 29.9. The molecular formula is C20H25N7O6. The fourth-order valence-corrected chi connectivity index (χ4v) is 3.64. The zero-order valence-corrected chi connectivity index (χ0v) is 18.5. The summed E-state index contributed by atoms with van der Waals surface area (Å²) in [7, 11) is 4.67. The second kappa shape index (κ2) is 9.13. The van der Waals surface area contributed by atoms with Crippen LogP contribution in [-0.4, -0.2) is 86.7 Å². The summed E-state index contributed by atoms with van der Waals surface area (Å²) in [6.07, 6.45) is -2.17. The highest BCUT2D eigenvalue weighted by atomic mass is 16.6. The molecule has 1 saturated heterocycles. The Kier molecular flexibility index (Phi) is 6.26. The van der Waals surface area contributed by atoms with Gasteiger partial charge in [0.15, 0.2) is 40.9 Å². The lowest BCUT2D eigenvalue weighted by Crippen LogP contribution is -2.42. The number of amides is 1.